The van der Waals surface area contributed by atoms with Gasteiger partial charge in [0.25, 0.3) is 0 Å². The second-order valence-electron chi connectivity index (χ2n) is 4.95. The molecule has 0 radical (unpaired) electrons. The van der Waals surface area contributed by atoms with E-state index in [-0.39, 0.29) is 22.9 Å². The highest BCUT2D eigenvalue weighted by molar-refractivity contribution is 6.35. The molecule has 0 aliphatic rings. The molecule has 8 nitrogen and oxygen atoms in total. The number of hydrogen-bond acceptors (Lipinski definition) is 6. The number of hydrogen-bond donors (Lipinski definition) is 1. The van der Waals surface area contributed by atoms with Crippen LogP contribution in [-0.2, 0) is 11.3 Å². The van der Waals surface area contributed by atoms with Gasteiger partial charge in [0.2, 0.25) is 11.2 Å². The molecule has 0 saturated carbocycles. The summed E-state index contributed by atoms with van der Waals surface area (Å²) in [6, 6.07) is 5.08. The van der Waals surface area contributed by atoms with Gasteiger partial charge in [-0.2, -0.15) is 4.98 Å². The van der Waals surface area contributed by atoms with E-state index in [0.717, 1.165) is 0 Å². The number of halogens is 2. The molecular formula is C15H13Cl2N5O3. The van der Waals surface area contributed by atoms with Crippen molar-refractivity contribution in [2.75, 3.05) is 19.5 Å². The van der Waals surface area contributed by atoms with E-state index in [4.69, 9.17) is 32.7 Å². The van der Waals surface area contributed by atoms with Crippen LogP contribution in [0.4, 0.5) is 5.69 Å². The summed E-state index contributed by atoms with van der Waals surface area (Å²) in [6.07, 6.45) is 1.45. The number of nitrogens with one attached hydrogen (secondary N) is 1. The smallest absolute Gasteiger partial charge is 0.244 e. The van der Waals surface area contributed by atoms with Gasteiger partial charge in [-0.05, 0) is 23.7 Å². The Labute approximate surface area is 152 Å². The maximum Gasteiger partial charge on any atom is 0.244 e. The fourth-order valence-electron chi connectivity index (χ4n) is 2.27. The minimum Gasteiger partial charge on any atom is -0.493 e. The number of aromatic nitrogens is 4. The molecule has 3 aromatic rings. The van der Waals surface area contributed by atoms with Crippen LogP contribution in [-0.4, -0.2) is 39.6 Å². The molecule has 2 aromatic heterocycles. The van der Waals surface area contributed by atoms with Crippen molar-refractivity contribution in [3.05, 3.63) is 35.0 Å². The van der Waals surface area contributed by atoms with Gasteiger partial charge in [-0.3, -0.25) is 4.79 Å². The van der Waals surface area contributed by atoms with Crippen LogP contribution < -0.4 is 14.8 Å². The number of fused-ring (bicyclic) bond motifs is 1. The second-order valence-corrected chi connectivity index (χ2v) is 5.64. The lowest BCUT2D eigenvalue weighted by atomic mass is 10.2. The molecule has 3 rings (SSSR count). The molecule has 25 heavy (non-hydrogen) atoms. The molecule has 0 unspecified atom stereocenters. The van der Waals surface area contributed by atoms with Crippen molar-refractivity contribution in [3.63, 3.8) is 0 Å². The zero-order chi connectivity index (χ0) is 18.0. The normalized spacial score (nSPS) is 10.7. The van der Waals surface area contributed by atoms with Crippen molar-refractivity contribution in [2.45, 2.75) is 6.54 Å². The molecule has 0 aliphatic heterocycles. The second kappa shape index (κ2) is 7.12. The summed E-state index contributed by atoms with van der Waals surface area (Å²) in [5.41, 5.74) is 1.33. The lowest BCUT2D eigenvalue weighted by molar-refractivity contribution is -0.116. The number of ether oxygens (including phenoxy) is 2. The number of rotatable bonds is 5. The molecule has 0 bridgehead atoms. The number of imidazole rings is 1. The number of carbonyl (C=O) groups excluding carboxylic acids is 1. The number of benzene rings is 1. The Morgan fingerprint density at radius 3 is 2.68 bits per heavy atom. The quantitative estimate of drug-likeness (QED) is 0.539. The van der Waals surface area contributed by atoms with Gasteiger partial charge in [-0.25, -0.2) is 9.97 Å². The first-order chi connectivity index (χ1) is 12.0. The van der Waals surface area contributed by atoms with Gasteiger partial charge in [0.1, 0.15) is 12.1 Å². The highest BCUT2D eigenvalue weighted by Gasteiger charge is 2.14. The SMILES string of the molecule is COc1ccc(NC(=O)Cn2cnc3c(Cl)nc(Cl)nc32)cc1OC. The van der Waals surface area contributed by atoms with E-state index in [1.54, 1.807) is 25.3 Å². The van der Waals surface area contributed by atoms with Crippen LogP contribution in [0.1, 0.15) is 0 Å². The Kier molecular flexibility index (Phi) is 4.91. The molecule has 0 saturated heterocycles. The van der Waals surface area contributed by atoms with Gasteiger partial charge in [0, 0.05) is 11.8 Å². The molecule has 0 atom stereocenters. The monoisotopic (exact) mass is 381 g/mol. The van der Waals surface area contributed by atoms with Crippen molar-refractivity contribution >= 4 is 46.0 Å². The average Bonchev–Trinajstić information content (AvgIpc) is 2.97. The van der Waals surface area contributed by atoms with Gasteiger partial charge in [-0.1, -0.05) is 11.6 Å². The van der Waals surface area contributed by atoms with Gasteiger partial charge in [0.15, 0.2) is 22.3 Å². The summed E-state index contributed by atoms with van der Waals surface area (Å²) in [4.78, 5) is 24.3. The summed E-state index contributed by atoms with van der Waals surface area (Å²) >= 11 is 11.8. The fraction of sp³-hybridized carbons (Fsp3) is 0.200. The van der Waals surface area contributed by atoms with Crippen LogP contribution in [0.2, 0.25) is 10.4 Å². The highest BCUT2D eigenvalue weighted by atomic mass is 35.5. The molecule has 0 spiro atoms. The van der Waals surface area contributed by atoms with Gasteiger partial charge in [-0.15, -0.1) is 0 Å². The summed E-state index contributed by atoms with van der Waals surface area (Å²) in [6.45, 7) is -0.0193. The summed E-state index contributed by atoms with van der Waals surface area (Å²) in [5.74, 6) is 0.805. The standard InChI is InChI=1S/C15H13Cl2N5O3/c1-24-9-4-3-8(5-10(9)25-2)19-11(23)6-22-7-18-12-13(16)20-15(17)21-14(12)22/h3-5,7H,6H2,1-2H3,(H,19,23). The van der Waals surface area contributed by atoms with E-state index in [1.807, 2.05) is 0 Å². The third-order valence-electron chi connectivity index (χ3n) is 3.38. The molecule has 1 aromatic carbocycles. The summed E-state index contributed by atoms with van der Waals surface area (Å²) < 4.78 is 11.9. The van der Waals surface area contributed by atoms with Crippen molar-refractivity contribution in [1.29, 1.82) is 0 Å². The van der Waals surface area contributed by atoms with Crippen LogP contribution in [0.15, 0.2) is 24.5 Å². The zero-order valence-corrected chi connectivity index (χ0v) is 14.8. The highest BCUT2D eigenvalue weighted by Crippen LogP contribution is 2.29. The van der Waals surface area contributed by atoms with E-state index in [9.17, 15) is 4.79 Å². The Bertz CT molecular complexity index is 944. The van der Waals surface area contributed by atoms with E-state index in [0.29, 0.717) is 28.4 Å². The van der Waals surface area contributed by atoms with E-state index >= 15 is 0 Å². The molecule has 1 amide bonds. The predicted molar refractivity (Wildman–Crippen MR) is 93.5 cm³/mol. The zero-order valence-electron chi connectivity index (χ0n) is 13.3. The number of carbonyl (C=O) groups is 1. The Hall–Kier alpha value is -2.58. The molecule has 130 valence electrons. The summed E-state index contributed by atoms with van der Waals surface area (Å²) in [7, 11) is 3.06. The van der Waals surface area contributed by atoms with E-state index in [1.165, 1.54) is 18.0 Å². The van der Waals surface area contributed by atoms with Crippen molar-refractivity contribution < 1.29 is 14.3 Å². The number of methoxy groups -OCH3 is 2. The number of nitrogens with zero attached hydrogens (tertiary/aromatic N) is 4. The number of amides is 1. The minimum atomic E-state index is -0.280. The average molecular weight is 382 g/mol. The lowest BCUT2D eigenvalue weighted by Gasteiger charge is -2.11. The van der Waals surface area contributed by atoms with E-state index < -0.39 is 0 Å². The van der Waals surface area contributed by atoms with Crippen LogP contribution in [0.3, 0.4) is 0 Å². The van der Waals surface area contributed by atoms with E-state index in [2.05, 4.69) is 20.3 Å². The van der Waals surface area contributed by atoms with Gasteiger partial charge >= 0.3 is 0 Å². The molecule has 1 N–H and O–H groups in total. The minimum absolute atomic E-state index is 0.0143. The topological polar surface area (TPSA) is 91.2 Å². The first-order valence-corrected chi connectivity index (χ1v) is 7.83. The molecule has 10 heteroatoms. The Morgan fingerprint density at radius 2 is 1.96 bits per heavy atom. The summed E-state index contributed by atoms with van der Waals surface area (Å²) in [5, 5.41) is 2.89. The number of anilines is 1. The Morgan fingerprint density at radius 1 is 1.20 bits per heavy atom. The maximum absolute atomic E-state index is 12.3. The lowest BCUT2D eigenvalue weighted by Crippen LogP contribution is -2.18. The third-order valence-corrected chi connectivity index (χ3v) is 3.81. The molecule has 0 fully saturated rings. The predicted octanol–water partition coefficient (Wildman–Crippen LogP) is 2.79. The first kappa shape index (κ1) is 17.2. The Balaban J connectivity index is 1.79. The molecular weight excluding hydrogens is 369 g/mol. The third kappa shape index (κ3) is 3.59. The van der Waals surface area contributed by atoms with Crippen molar-refractivity contribution in [2.24, 2.45) is 0 Å². The van der Waals surface area contributed by atoms with Crippen LogP contribution in [0.5, 0.6) is 11.5 Å². The van der Waals surface area contributed by atoms with Gasteiger partial charge in [0.05, 0.1) is 20.5 Å². The fourth-order valence-corrected chi connectivity index (χ4v) is 2.69. The largest absolute Gasteiger partial charge is 0.493 e. The van der Waals surface area contributed by atoms with Crippen molar-refractivity contribution in [1.82, 2.24) is 19.5 Å². The molecule has 2 heterocycles. The van der Waals surface area contributed by atoms with Crippen LogP contribution in [0.25, 0.3) is 11.2 Å². The molecule has 0 aliphatic carbocycles. The maximum atomic E-state index is 12.3. The first-order valence-electron chi connectivity index (χ1n) is 7.07. The van der Waals surface area contributed by atoms with Crippen LogP contribution >= 0.6 is 23.2 Å². The van der Waals surface area contributed by atoms with Crippen LogP contribution in [0, 0.1) is 0 Å². The van der Waals surface area contributed by atoms with Gasteiger partial charge < -0.3 is 19.4 Å². The van der Waals surface area contributed by atoms with Crippen molar-refractivity contribution in [3.8, 4) is 11.5 Å².